The van der Waals surface area contributed by atoms with Crippen LogP contribution in [0.4, 0.5) is 0 Å². The number of ether oxygens (including phenoxy) is 1. The molecule has 1 heterocycles. The molecule has 1 aromatic rings. The second-order valence-electron chi connectivity index (χ2n) is 3.58. The summed E-state index contributed by atoms with van der Waals surface area (Å²) >= 11 is 1.15. The average molecular weight is 252 g/mol. The lowest BCUT2D eigenvalue weighted by Crippen LogP contribution is -2.40. The molecule has 0 amide bonds. The molecule has 0 bridgehead atoms. The summed E-state index contributed by atoms with van der Waals surface area (Å²) in [6.07, 6.45) is 0. The minimum Gasteiger partial charge on any atom is -0.465 e. The van der Waals surface area contributed by atoms with Gasteiger partial charge in [-0.2, -0.15) is 0 Å². The number of thioether (sulfide) groups is 1. The maximum atomic E-state index is 11.6. The fourth-order valence-electron chi connectivity index (χ4n) is 1.69. The zero-order chi connectivity index (χ0) is 12.5. The van der Waals surface area contributed by atoms with Crippen LogP contribution in [0, 0.1) is 0 Å². The number of aliphatic hydroxyl groups is 1. The lowest BCUT2D eigenvalue weighted by atomic mass is 10.0. The smallest absolute Gasteiger partial charge is 0.363 e. The lowest BCUT2D eigenvalue weighted by Gasteiger charge is -2.23. The third kappa shape index (κ3) is 2.01. The molecule has 6 heteroatoms. The van der Waals surface area contributed by atoms with Crippen LogP contribution in [0.15, 0.2) is 35.3 Å². The van der Waals surface area contributed by atoms with Crippen LogP contribution in [-0.2, 0) is 9.53 Å². The van der Waals surface area contributed by atoms with Gasteiger partial charge in [0.25, 0.3) is 5.72 Å². The van der Waals surface area contributed by atoms with Crippen molar-refractivity contribution in [3.8, 4) is 0 Å². The zero-order valence-corrected chi connectivity index (χ0v) is 9.98. The molecule has 0 spiro atoms. The van der Waals surface area contributed by atoms with Crippen LogP contribution in [0.5, 0.6) is 0 Å². The molecule has 0 saturated heterocycles. The molecule has 0 saturated carbocycles. The van der Waals surface area contributed by atoms with Gasteiger partial charge in [-0.1, -0.05) is 42.1 Å². The monoisotopic (exact) mass is 252 g/mol. The summed E-state index contributed by atoms with van der Waals surface area (Å²) in [6.45, 7) is 0. The fraction of sp³-hybridized carbons (Fsp3) is 0.273. The average Bonchev–Trinajstić information content (AvgIpc) is 2.66. The predicted molar refractivity (Wildman–Crippen MR) is 65.4 cm³/mol. The lowest BCUT2D eigenvalue weighted by molar-refractivity contribution is -0.161. The van der Waals surface area contributed by atoms with Crippen molar-refractivity contribution >= 4 is 22.9 Å². The number of carbonyl (C=O) groups is 1. The predicted octanol–water partition coefficient (Wildman–Crippen LogP) is 0.651. The number of benzene rings is 1. The van der Waals surface area contributed by atoms with E-state index in [9.17, 15) is 9.90 Å². The normalized spacial score (nSPS) is 27.6. The Hall–Kier alpha value is -1.53. The van der Waals surface area contributed by atoms with Gasteiger partial charge in [0.05, 0.1) is 12.4 Å². The fourth-order valence-corrected chi connectivity index (χ4v) is 2.73. The molecule has 1 aliphatic heterocycles. The summed E-state index contributed by atoms with van der Waals surface area (Å²) in [4.78, 5) is 15.4. The number of nitrogens with two attached hydrogens (primary N) is 1. The van der Waals surface area contributed by atoms with Crippen molar-refractivity contribution in [3.05, 3.63) is 35.9 Å². The Kier molecular flexibility index (Phi) is 3.08. The van der Waals surface area contributed by atoms with Crippen LogP contribution in [0.2, 0.25) is 0 Å². The van der Waals surface area contributed by atoms with E-state index in [1.807, 2.05) is 18.2 Å². The molecule has 5 nitrogen and oxygen atoms in total. The first kappa shape index (κ1) is 11.9. The second kappa shape index (κ2) is 4.38. The molecule has 0 aliphatic carbocycles. The third-order valence-electron chi connectivity index (χ3n) is 2.47. The maximum Gasteiger partial charge on any atom is 0.363 e. The molecule has 1 aromatic carbocycles. The number of hydrogen-bond donors (Lipinski definition) is 2. The van der Waals surface area contributed by atoms with Crippen LogP contribution in [0.25, 0.3) is 0 Å². The zero-order valence-electron chi connectivity index (χ0n) is 9.16. The number of rotatable bonds is 2. The van der Waals surface area contributed by atoms with Crippen LogP contribution < -0.4 is 5.73 Å². The minimum atomic E-state index is -1.94. The Morgan fingerprint density at radius 3 is 2.76 bits per heavy atom. The van der Waals surface area contributed by atoms with E-state index in [0.717, 1.165) is 17.3 Å². The minimum absolute atomic E-state index is 0.173. The van der Waals surface area contributed by atoms with E-state index in [0.29, 0.717) is 0 Å². The van der Waals surface area contributed by atoms with Gasteiger partial charge in [-0.25, -0.2) is 9.79 Å². The number of amidine groups is 1. The van der Waals surface area contributed by atoms with E-state index in [-0.39, 0.29) is 5.17 Å². The van der Waals surface area contributed by atoms with Crippen LogP contribution in [-0.4, -0.2) is 29.1 Å². The number of nitrogens with zero attached hydrogens (tertiary/aromatic N) is 1. The Morgan fingerprint density at radius 2 is 2.18 bits per heavy atom. The van der Waals surface area contributed by atoms with Crippen molar-refractivity contribution in [3.63, 3.8) is 0 Å². The molecular weight excluding hydrogens is 240 g/mol. The highest BCUT2D eigenvalue weighted by molar-refractivity contribution is 8.14. The molecule has 2 unspecified atom stereocenters. The molecule has 0 aromatic heterocycles. The van der Waals surface area contributed by atoms with Gasteiger partial charge in [0.1, 0.15) is 0 Å². The second-order valence-corrected chi connectivity index (χ2v) is 4.70. The van der Waals surface area contributed by atoms with Crippen molar-refractivity contribution in [1.29, 1.82) is 0 Å². The van der Waals surface area contributed by atoms with Gasteiger partial charge in [0.15, 0.2) is 5.17 Å². The van der Waals surface area contributed by atoms with E-state index in [4.69, 9.17) is 5.73 Å². The van der Waals surface area contributed by atoms with Crippen molar-refractivity contribution in [2.24, 2.45) is 10.7 Å². The van der Waals surface area contributed by atoms with E-state index in [1.54, 1.807) is 12.1 Å². The molecule has 0 radical (unpaired) electrons. The van der Waals surface area contributed by atoms with E-state index < -0.39 is 16.9 Å². The molecule has 3 N–H and O–H groups in total. The van der Waals surface area contributed by atoms with Crippen molar-refractivity contribution in [1.82, 2.24) is 0 Å². The summed E-state index contributed by atoms with van der Waals surface area (Å²) in [5.74, 6) is -0.806. The molecule has 1 aliphatic rings. The standard InChI is InChI=1S/C11H12N2O3S/c1-16-9(14)11(15)8(17-10(12)13-11)7-5-3-2-4-6-7/h2-6,8,15H,1H3,(H2,12,13). The first-order valence-electron chi connectivity index (χ1n) is 4.95. The topological polar surface area (TPSA) is 84.9 Å². The number of aliphatic imine (C=N–C) groups is 1. The Balaban J connectivity index is 2.39. The Bertz CT molecular complexity index is 463. The van der Waals surface area contributed by atoms with Crippen LogP contribution in [0.1, 0.15) is 10.8 Å². The van der Waals surface area contributed by atoms with Gasteiger partial charge in [0, 0.05) is 0 Å². The van der Waals surface area contributed by atoms with Gasteiger partial charge in [-0.05, 0) is 5.56 Å². The molecule has 2 rings (SSSR count). The number of carbonyl (C=O) groups excluding carboxylic acids is 1. The summed E-state index contributed by atoms with van der Waals surface area (Å²) in [7, 11) is 1.21. The van der Waals surface area contributed by atoms with Crippen LogP contribution in [0.3, 0.4) is 0 Å². The number of methoxy groups -OCH3 is 1. The van der Waals surface area contributed by atoms with E-state index >= 15 is 0 Å². The summed E-state index contributed by atoms with van der Waals surface area (Å²) < 4.78 is 4.57. The first-order valence-corrected chi connectivity index (χ1v) is 5.83. The largest absolute Gasteiger partial charge is 0.465 e. The summed E-state index contributed by atoms with van der Waals surface area (Å²) in [6, 6.07) is 9.11. The summed E-state index contributed by atoms with van der Waals surface area (Å²) in [5.41, 5.74) is 4.41. The van der Waals surface area contributed by atoms with Crippen molar-refractivity contribution in [2.75, 3.05) is 7.11 Å². The molecular formula is C11H12N2O3S. The quantitative estimate of drug-likeness (QED) is 0.755. The van der Waals surface area contributed by atoms with Gasteiger partial charge in [0.2, 0.25) is 0 Å². The Morgan fingerprint density at radius 1 is 1.53 bits per heavy atom. The molecule has 17 heavy (non-hydrogen) atoms. The van der Waals surface area contributed by atoms with Gasteiger partial charge < -0.3 is 15.6 Å². The maximum absolute atomic E-state index is 11.6. The first-order chi connectivity index (χ1) is 8.08. The van der Waals surface area contributed by atoms with Gasteiger partial charge in [-0.15, -0.1) is 0 Å². The molecule has 90 valence electrons. The number of hydrogen-bond acceptors (Lipinski definition) is 6. The summed E-state index contributed by atoms with van der Waals surface area (Å²) in [5, 5.41) is 9.88. The highest BCUT2D eigenvalue weighted by Gasteiger charge is 2.51. The highest BCUT2D eigenvalue weighted by Crippen LogP contribution is 2.45. The van der Waals surface area contributed by atoms with Crippen LogP contribution >= 0.6 is 11.8 Å². The van der Waals surface area contributed by atoms with Crippen molar-refractivity contribution < 1.29 is 14.6 Å². The highest BCUT2D eigenvalue weighted by atomic mass is 32.2. The molecule has 2 atom stereocenters. The van der Waals surface area contributed by atoms with Gasteiger partial charge >= 0.3 is 5.97 Å². The number of esters is 1. The van der Waals surface area contributed by atoms with E-state index in [2.05, 4.69) is 9.73 Å². The molecule has 0 fully saturated rings. The Labute approximate surface area is 103 Å². The van der Waals surface area contributed by atoms with E-state index in [1.165, 1.54) is 7.11 Å². The van der Waals surface area contributed by atoms with Gasteiger partial charge in [-0.3, -0.25) is 0 Å². The third-order valence-corrected chi connectivity index (χ3v) is 3.64. The van der Waals surface area contributed by atoms with Crippen molar-refractivity contribution in [2.45, 2.75) is 11.0 Å². The SMILES string of the molecule is COC(=O)C1(O)N=C(N)SC1c1ccccc1.